The van der Waals surface area contributed by atoms with E-state index in [1.165, 1.54) is 23.2 Å². The molecule has 2 aromatic carbocycles. The van der Waals surface area contributed by atoms with Crippen molar-refractivity contribution in [2.24, 2.45) is 0 Å². The number of alkyl halides is 1. The van der Waals surface area contributed by atoms with Gasteiger partial charge >= 0.3 is 0 Å². The molecule has 1 saturated heterocycles. The standard InChI is InChI=1S/C24H21BrFN3O3S2/c1-15-5-3-4-6-19(15)16(2)21-13-28-23(33-21)24(26)14-29(9-10-34(24,31)32)22(30)17-7-8-20(25)18(11-17)12-27/h3-8,11,13,16H,9-10,14H2,1-2H3. The van der Waals surface area contributed by atoms with Crippen LogP contribution in [-0.2, 0) is 14.8 Å². The van der Waals surface area contributed by atoms with Gasteiger partial charge in [-0.3, -0.25) is 4.79 Å². The first-order valence-corrected chi connectivity index (χ1v) is 13.8. The first-order chi connectivity index (χ1) is 16.1. The lowest BCUT2D eigenvalue weighted by atomic mass is 9.96. The number of thiazole rings is 1. The molecule has 6 nitrogen and oxygen atoms in total. The summed E-state index contributed by atoms with van der Waals surface area (Å²) in [6.07, 6.45) is 1.52. The highest BCUT2D eigenvalue weighted by molar-refractivity contribution is 9.10. The van der Waals surface area contributed by atoms with Crippen molar-refractivity contribution in [1.29, 1.82) is 5.26 Å². The number of halogens is 2. The largest absolute Gasteiger partial charge is 0.333 e. The van der Waals surface area contributed by atoms with E-state index >= 15 is 4.39 Å². The second-order valence-corrected chi connectivity index (χ2v) is 12.4. The molecule has 1 aliphatic rings. The van der Waals surface area contributed by atoms with Crippen molar-refractivity contribution in [1.82, 2.24) is 9.88 Å². The minimum absolute atomic E-state index is 0.0905. The SMILES string of the molecule is Cc1ccccc1C(C)c1cnc(C2(F)CN(C(=O)c3ccc(Br)c(C#N)c3)CCS2(=O)=O)s1. The number of benzene rings is 2. The zero-order chi connectivity index (χ0) is 24.7. The average molecular weight is 562 g/mol. The van der Waals surface area contributed by atoms with E-state index in [1.54, 1.807) is 6.07 Å². The summed E-state index contributed by atoms with van der Waals surface area (Å²) >= 11 is 4.26. The normalized spacial score (nSPS) is 20.5. The summed E-state index contributed by atoms with van der Waals surface area (Å²) in [6, 6.07) is 14.3. The Bertz CT molecular complexity index is 1420. The molecule has 0 N–H and O–H groups in total. The maximum Gasteiger partial charge on any atom is 0.278 e. The number of nitriles is 1. The zero-order valence-corrected chi connectivity index (χ0v) is 21.7. The summed E-state index contributed by atoms with van der Waals surface area (Å²) in [5.41, 5.74) is 2.58. The predicted octanol–water partition coefficient (Wildman–Crippen LogP) is 4.93. The number of hydrogen-bond donors (Lipinski definition) is 0. The number of rotatable bonds is 4. The van der Waals surface area contributed by atoms with Crippen LogP contribution in [0.3, 0.4) is 0 Å². The van der Waals surface area contributed by atoms with Crippen molar-refractivity contribution in [2.75, 3.05) is 18.8 Å². The molecular weight excluding hydrogens is 541 g/mol. The monoisotopic (exact) mass is 561 g/mol. The fourth-order valence-corrected chi connectivity index (χ4v) is 7.25. The van der Waals surface area contributed by atoms with Crippen molar-refractivity contribution in [2.45, 2.75) is 24.8 Å². The van der Waals surface area contributed by atoms with E-state index in [0.29, 0.717) is 4.47 Å². The van der Waals surface area contributed by atoms with Crippen LogP contribution in [0.1, 0.15) is 49.8 Å². The molecule has 2 heterocycles. The summed E-state index contributed by atoms with van der Waals surface area (Å²) < 4.78 is 42.5. The lowest BCUT2D eigenvalue weighted by Gasteiger charge is -2.35. The molecule has 2 unspecified atom stereocenters. The van der Waals surface area contributed by atoms with Crippen molar-refractivity contribution in [3.63, 3.8) is 0 Å². The zero-order valence-electron chi connectivity index (χ0n) is 18.5. The molecule has 0 bridgehead atoms. The smallest absolute Gasteiger partial charge is 0.278 e. The van der Waals surface area contributed by atoms with E-state index in [0.717, 1.165) is 27.3 Å². The van der Waals surface area contributed by atoms with Gasteiger partial charge in [0.2, 0.25) is 0 Å². The Balaban J connectivity index is 1.65. The third kappa shape index (κ3) is 4.28. The Kier molecular flexibility index (Phi) is 6.64. The second-order valence-electron chi connectivity index (χ2n) is 8.23. The Labute approximate surface area is 210 Å². The van der Waals surface area contributed by atoms with Gasteiger partial charge in [-0.2, -0.15) is 5.26 Å². The van der Waals surface area contributed by atoms with Gasteiger partial charge in [0.15, 0.2) is 9.84 Å². The molecule has 2 atom stereocenters. The van der Waals surface area contributed by atoms with Crippen molar-refractivity contribution < 1.29 is 17.6 Å². The molecule has 1 aliphatic heterocycles. The van der Waals surface area contributed by atoms with Crippen molar-refractivity contribution in [3.8, 4) is 6.07 Å². The van der Waals surface area contributed by atoms with Crippen LogP contribution in [0.5, 0.6) is 0 Å². The predicted molar refractivity (Wildman–Crippen MR) is 132 cm³/mol. The van der Waals surface area contributed by atoms with Gasteiger partial charge in [0.25, 0.3) is 10.9 Å². The lowest BCUT2D eigenvalue weighted by molar-refractivity contribution is 0.0666. The van der Waals surface area contributed by atoms with E-state index in [1.807, 2.05) is 44.2 Å². The Morgan fingerprint density at radius 2 is 2.06 bits per heavy atom. The minimum Gasteiger partial charge on any atom is -0.333 e. The molecule has 176 valence electrons. The summed E-state index contributed by atoms with van der Waals surface area (Å²) in [4.78, 5) is 19.2. The number of aromatic nitrogens is 1. The fraction of sp³-hybridized carbons (Fsp3) is 0.292. The number of sulfone groups is 1. The van der Waals surface area contributed by atoms with Crippen molar-refractivity contribution >= 4 is 43.0 Å². The molecule has 10 heteroatoms. The molecule has 0 spiro atoms. The molecule has 1 amide bonds. The van der Waals surface area contributed by atoms with Crippen LogP contribution in [0.15, 0.2) is 53.1 Å². The van der Waals surface area contributed by atoms with Crippen LogP contribution in [0.2, 0.25) is 0 Å². The van der Waals surface area contributed by atoms with Gasteiger partial charge in [0, 0.05) is 33.6 Å². The third-order valence-electron chi connectivity index (χ3n) is 6.06. The van der Waals surface area contributed by atoms with Crippen LogP contribution in [-0.4, -0.2) is 43.1 Å². The highest BCUT2D eigenvalue weighted by Gasteiger charge is 2.53. The van der Waals surface area contributed by atoms with Crippen LogP contribution in [0, 0.1) is 18.3 Å². The van der Waals surface area contributed by atoms with Crippen LogP contribution >= 0.6 is 27.3 Å². The van der Waals surface area contributed by atoms with E-state index < -0.39 is 33.0 Å². The van der Waals surface area contributed by atoms with Crippen LogP contribution in [0.4, 0.5) is 4.39 Å². The number of aryl methyl sites for hydroxylation is 1. The molecule has 0 aliphatic carbocycles. The maximum absolute atomic E-state index is 16.3. The second kappa shape index (κ2) is 9.21. The van der Waals surface area contributed by atoms with Gasteiger partial charge in [-0.25, -0.2) is 17.8 Å². The topological polar surface area (TPSA) is 91.1 Å². The van der Waals surface area contributed by atoms with Crippen molar-refractivity contribution in [3.05, 3.63) is 85.3 Å². The number of carbonyl (C=O) groups excluding carboxylic acids is 1. The lowest BCUT2D eigenvalue weighted by Crippen LogP contribution is -2.53. The highest BCUT2D eigenvalue weighted by atomic mass is 79.9. The Morgan fingerprint density at radius 1 is 1.32 bits per heavy atom. The number of nitrogens with zero attached hydrogens (tertiary/aromatic N) is 3. The Morgan fingerprint density at radius 3 is 2.76 bits per heavy atom. The summed E-state index contributed by atoms with van der Waals surface area (Å²) in [6.45, 7) is 3.16. The molecule has 3 aromatic rings. The van der Waals surface area contributed by atoms with Gasteiger partial charge < -0.3 is 4.90 Å². The van der Waals surface area contributed by atoms with Gasteiger partial charge in [-0.05, 0) is 52.2 Å². The minimum atomic E-state index is -4.20. The number of carbonyl (C=O) groups is 1. The van der Waals surface area contributed by atoms with Crippen LogP contribution < -0.4 is 0 Å². The summed E-state index contributed by atoms with van der Waals surface area (Å²) in [7, 11) is -4.20. The van der Waals surface area contributed by atoms with Gasteiger partial charge in [-0.1, -0.05) is 31.2 Å². The third-order valence-corrected chi connectivity index (χ3v) is 10.2. The quantitative estimate of drug-likeness (QED) is 0.450. The molecule has 1 aromatic heterocycles. The summed E-state index contributed by atoms with van der Waals surface area (Å²) in [5, 5.41) is 6.26. The molecule has 1 fully saturated rings. The van der Waals surface area contributed by atoms with E-state index in [-0.39, 0.29) is 28.6 Å². The summed E-state index contributed by atoms with van der Waals surface area (Å²) in [5.74, 6) is -1.14. The van der Waals surface area contributed by atoms with Gasteiger partial charge in [0.1, 0.15) is 11.1 Å². The maximum atomic E-state index is 16.3. The van der Waals surface area contributed by atoms with Gasteiger partial charge in [-0.15, -0.1) is 11.3 Å². The molecule has 0 saturated carbocycles. The molecule has 34 heavy (non-hydrogen) atoms. The Hall–Kier alpha value is -2.61. The van der Waals surface area contributed by atoms with Crippen LogP contribution in [0.25, 0.3) is 0 Å². The fourth-order valence-electron chi connectivity index (χ4n) is 4.00. The first kappa shape index (κ1) is 24.5. The highest BCUT2D eigenvalue weighted by Crippen LogP contribution is 2.41. The van der Waals surface area contributed by atoms with E-state index in [4.69, 9.17) is 0 Å². The number of hydrogen-bond acceptors (Lipinski definition) is 6. The van der Waals surface area contributed by atoms with Gasteiger partial charge in [0.05, 0.1) is 17.9 Å². The van der Waals surface area contributed by atoms with E-state index in [9.17, 15) is 18.5 Å². The molecular formula is C24H21BrFN3O3S2. The molecule has 0 radical (unpaired) electrons. The molecule has 4 rings (SSSR count). The first-order valence-electron chi connectivity index (χ1n) is 10.5. The number of amides is 1. The van der Waals surface area contributed by atoms with E-state index in [2.05, 4.69) is 20.9 Å². The average Bonchev–Trinajstić information content (AvgIpc) is 3.32.